The summed E-state index contributed by atoms with van der Waals surface area (Å²) in [5, 5.41) is 0. The van der Waals surface area contributed by atoms with Gasteiger partial charge in [-0.15, -0.1) is 12.4 Å². The van der Waals surface area contributed by atoms with Crippen molar-refractivity contribution in [1.29, 1.82) is 0 Å². The Hall–Kier alpha value is -1.59. The Labute approximate surface area is 149 Å². The average Bonchev–Trinajstić information content (AvgIpc) is 2.96. The first-order valence-corrected chi connectivity index (χ1v) is 8.46. The topological polar surface area (TPSA) is 66.6 Å². The van der Waals surface area contributed by atoms with Gasteiger partial charge in [-0.2, -0.15) is 0 Å². The number of nitrogens with two attached hydrogens (primary N) is 1. The summed E-state index contributed by atoms with van der Waals surface area (Å²) in [7, 11) is 1.76. The minimum atomic E-state index is -0.346. The van der Waals surface area contributed by atoms with E-state index in [1.54, 1.807) is 16.8 Å². The van der Waals surface area contributed by atoms with E-state index in [0.29, 0.717) is 13.0 Å². The molecule has 24 heavy (non-hydrogen) atoms. The van der Waals surface area contributed by atoms with Crippen LogP contribution in [0, 0.1) is 5.92 Å². The molecule has 0 radical (unpaired) electrons. The predicted molar refractivity (Wildman–Crippen MR) is 97.2 cm³/mol. The van der Waals surface area contributed by atoms with Crippen molar-refractivity contribution in [2.45, 2.75) is 44.2 Å². The van der Waals surface area contributed by atoms with Crippen LogP contribution in [0.3, 0.4) is 0 Å². The van der Waals surface area contributed by atoms with Gasteiger partial charge in [0.2, 0.25) is 11.8 Å². The highest BCUT2D eigenvalue weighted by Crippen LogP contribution is 2.28. The molecule has 0 bridgehead atoms. The van der Waals surface area contributed by atoms with Crippen LogP contribution in [0.2, 0.25) is 0 Å². The molecule has 6 heteroatoms. The number of halogens is 1. The molecule has 1 aliphatic heterocycles. The first-order chi connectivity index (χ1) is 11.1. The number of hydrogen-bond acceptors (Lipinski definition) is 3. The SMILES string of the molecule is CN(C(=O)C1CCCC(N)C1)C1CCN(c2ccccc2)C1=O.Cl. The largest absolute Gasteiger partial charge is 0.333 e. The molecule has 2 amide bonds. The van der Waals surface area contributed by atoms with Crippen LogP contribution in [0.1, 0.15) is 32.1 Å². The number of nitrogens with zero attached hydrogens (tertiary/aromatic N) is 2. The van der Waals surface area contributed by atoms with Gasteiger partial charge in [-0.05, 0) is 37.8 Å². The Kier molecular flexibility index (Phi) is 6.24. The second kappa shape index (κ2) is 7.99. The lowest BCUT2D eigenvalue weighted by Gasteiger charge is -2.31. The van der Waals surface area contributed by atoms with Crippen molar-refractivity contribution in [3.05, 3.63) is 30.3 Å². The predicted octanol–water partition coefficient (Wildman–Crippen LogP) is 2.19. The maximum absolute atomic E-state index is 12.7. The van der Waals surface area contributed by atoms with Crippen LogP contribution >= 0.6 is 12.4 Å². The standard InChI is InChI=1S/C18H25N3O2.ClH/c1-20(17(22)13-6-5-7-14(19)12-13)16-10-11-21(18(16)23)15-8-3-2-4-9-15;/h2-4,8-9,13-14,16H,5-7,10-12,19H2,1H3;1H. The van der Waals surface area contributed by atoms with Gasteiger partial charge in [0.1, 0.15) is 6.04 Å². The number of rotatable bonds is 3. The van der Waals surface area contributed by atoms with E-state index >= 15 is 0 Å². The molecule has 132 valence electrons. The van der Waals surface area contributed by atoms with Gasteiger partial charge in [0.05, 0.1) is 0 Å². The van der Waals surface area contributed by atoms with Crippen molar-refractivity contribution >= 4 is 29.9 Å². The lowest BCUT2D eigenvalue weighted by Crippen LogP contribution is -2.47. The molecule has 1 heterocycles. The van der Waals surface area contributed by atoms with Crippen LogP contribution in [-0.4, -0.2) is 42.4 Å². The fraction of sp³-hybridized carbons (Fsp3) is 0.556. The Balaban J connectivity index is 0.00000208. The number of hydrogen-bond donors (Lipinski definition) is 1. The number of amides is 2. The zero-order valence-electron chi connectivity index (χ0n) is 14.1. The van der Waals surface area contributed by atoms with Crippen LogP contribution in [0.25, 0.3) is 0 Å². The highest BCUT2D eigenvalue weighted by molar-refractivity contribution is 6.01. The van der Waals surface area contributed by atoms with Crippen molar-refractivity contribution in [1.82, 2.24) is 4.90 Å². The number of anilines is 1. The second-order valence-electron chi connectivity index (χ2n) is 6.70. The van der Waals surface area contributed by atoms with E-state index in [4.69, 9.17) is 5.73 Å². The number of likely N-dealkylation sites (N-methyl/N-ethyl adjacent to an activating group) is 1. The molecular weight excluding hydrogens is 326 g/mol. The van der Waals surface area contributed by atoms with Crippen molar-refractivity contribution in [3.8, 4) is 0 Å². The molecule has 2 aliphatic rings. The third-order valence-corrected chi connectivity index (χ3v) is 5.12. The molecule has 1 aliphatic carbocycles. The van der Waals surface area contributed by atoms with Crippen molar-refractivity contribution in [3.63, 3.8) is 0 Å². The van der Waals surface area contributed by atoms with E-state index in [9.17, 15) is 9.59 Å². The molecule has 1 saturated carbocycles. The zero-order chi connectivity index (χ0) is 16.4. The molecule has 3 atom stereocenters. The normalized spacial score (nSPS) is 26.8. The van der Waals surface area contributed by atoms with Gasteiger partial charge >= 0.3 is 0 Å². The molecule has 0 spiro atoms. The molecule has 3 rings (SSSR count). The Morgan fingerprint density at radius 1 is 1.21 bits per heavy atom. The summed E-state index contributed by atoms with van der Waals surface area (Å²) in [5.74, 6) is 0.0721. The number of benzene rings is 1. The minimum Gasteiger partial charge on any atom is -0.333 e. The van der Waals surface area contributed by atoms with E-state index < -0.39 is 0 Å². The van der Waals surface area contributed by atoms with Gasteiger partial charge in [0, 0.05) is 31.2 Å². The fourth-order valence-electron chi connectivity index (χ4n) is 3.78. The fourth-order valence-corrected chi connectivity index (χ4v) is 3.78. The first-order valence-electron chi connectivity index (χ1n) is 8.46. The summed E-state index contributed by atoms with van der Waals surface area (Å²) in [5.41, 5.74) is 6.90. The zero-order valence-corrected chi connectivity index (χ0v) is 14.9. The van der Waals surface area contributed by atoms with Gasteiger partial charge in [-0.1, -0.05) is 24.6 Å². The van der Waals surface area contributed by atoms with Gasteiger partial charge in [-0.3, -0.25) is 9.59 Å². The van der Waals surface area contributed by atoms with Crippen LogP contribution in [0.5, 0.6) is 0 Å². The van der Waals surface area contributed by atoms with Gasteiger partial charge in [0.25, 0.3) is 0 Å². The summed E-state index contributed by atoms with van der Waals surface area (Å²) in [4.78, 5) is 28.9. The summed E-state index contributed by atoms with van der Waals surface area (Å²) >= 11 is 0. The lowest BCUT2D eigenvalue weighted by molar-refractivity contribution is -0.141. The first kappa shape index (κ1) is 18.7. The lowest BCUT2D eigenvalue weighted by atomic mass is 9.85. The second-order valence-corrected chi connectivity index (χ2v) is 6.70. The molecule has 3 unspecified atom stereocenters. The maximum atomic E-state index is 12.7. The van der Waals surface area contributed by atoms with Crippen LogP contribution in [0.15, 0.2) is 30.3 Å². The smallest absolute Gasteiger partial charge is 0.249 e. The Bertz CT molecular complexity index is 581. The highest BCUT2D eigenvalue weighted by Gasteiger charge is 2.39. The number of carbonyl (C=O) groups excluding carboxylic acids is 2. The van der Waals surface area contributed by atoms with Gasteiger partial charge in [-0.25, -0.2) is 0 Å². The van der Waals surface area contributed by atoms with Crippen LogP contribution < -0.4 is 10.6 Å². The molecule has 1 aromatic rings. The van der Waals surface area contributed by atoms with Crippen molar-refractivity contribution in [2.24, 2.45) is 11.7 Å². The molecule has 2 fully saturated rings. The average molecular weight is 352 g/mol. The van der Waals surface area contributed by atoms with E-state index in [0.717, 1.165) is 31.4 Å². The Morgan fingerprint density at radius 2 is 1.92 bits per heavy atom. The van der Waals surface area contributed by atoms with Gasteiger partial charge in [0.15, 0.2) is 0 Å². The third-order valence-electron chi connectivity index (χ3n) is 5.12. The van der Waals surface area contributed by atoms with Crippen molar-refractivity contribution in [2.75, 3.05) is 18.5 Å². The molecule has 1 saturated heterocycles. The quantitative estimate of drug-likeness (QED) is 0.907. The summed E-state index contributed by atoms with van der Waals surface area (Å²) in [6.07, 6.45) is 4.32. The monoisotopic (exact) mass is 351 g/mol. The summed E-state index contributed by atoms with van der Waals surface area (Å²) in [6.45, 7) is 0.662. The van der Waals surface area contributed by atoms with Gasteiger partial charge < -0.3 is 15.5 Å². The minimum absolute atomic E-state index is 0. The van der Waals surface area contributed by atoms with Crippen LogP contribution in [-0.2, 0) is 9.59 Å². The van der Waals surface area contributed by atoms with E-state index in [2.05, 4.69) is 0 Å². The van der Waals surface area contributed by atoms with E-state index in [1.165, 1.54) is 0 Å². The summed E-state index contributed by atoms with van der Waals surface area (Å²) in [6, 6.07) is 9.42. The third kappa shape index (κ3) is 3.73. The molecule has 0 aromatic heterocycles. The number of para-hydroxylation sites is 1. The van der Waals surface area contributed by atoms with Crippen molar-refractivity contribution < 1.29 is 9.59 Å². The number of carbonyl (C=O) groups is 2. The maximum Gasteiger partial charge on any atom is 0.249 e. The summed E-state index contributed by atoms with van der Waals surface area (Å²) < 4.78 is 0. The van der Waals surface area contributed by atoms with E-state index in [1.807, 2.05) is 30.3 Å². The molecule has 2 N–H and O–H groups in total. The molecular formula is C18H26ClN3O2. The highest BCUT2D eigenvalue weighted by atomic mass is 35.5. The Morgan fingerprint density at radius 3 is 2.58 bits per heavy atom. The molecule has 5 nitrogen and oxygen atoms in total. The molecule has 1 aromatic carbocycles. The van der Waals surface area contributed by atoms with Crippen LogP contribution in [0.4, 0.5) is 5.69 Å². The van der Waals surface area contributed by atoms with E-state index in [-0.39, 0.29) is 42.2 Å².